The van der Waals surface area contributed by atoms with Crippen LogP contribution in [0, 0.1) is 5.82 Å². The zero-order valence-corrected chi connectivity index (χ0v) is 14.2. The van der Waals surface area contributed by atoms with Gasteiger partial charge in [0, 0.05) is 39.9 Å². The molecule has 1 aromatic carbocycles. The normalized spacial score (nSPS) is 14.8. The molecule has 1 aromatic rings. The molecule has 1 N–H and O–H groups in total. The van der Waals surface area contributed by atoms with Gasteiger partial charge in [-0.1, -0.05) is 12.1 Å². The number of carbonyl (C=O) groups excluding carboxylic acids is 3. The number of halogens is 1. The topological polar surface area (TPSA) is 79.0 Å². The largest absolute Gasteiger partial charge is 0.385 e. The third-order valence-corrected chi connectivity index (χ3v) is 3.87. The van der Waals surface area contributed by atoms with E-state index in [9.17, 15) is 18.8 Å². The summed E-state index contributed by atoms with van der Waals surface area (Å²) in [6.45, 7) is 1.72. The zero-order chi connectivity index (χ0) is 18.2. The average Bonchev–Trinajstić information content (AvgIpc) is 2.60. The van der Waals surface area contributed by atoms with Crippen LogP contribution in [-0.4, -0.2) is 67.4 Å². The van der Waals surface area contributed by atoms with Gasteiger partial charge in [0.05, 0.1) is 0 Å². The van der Waals surface area contributed by atoms with Gasteiger partial charge in [0.2, 0.25) is 5.91 Å². The standard InChI is InChI=1S/C17H22FN3O4/c1-25-10-2-7-19-15(22)12-21-9-8-20(16(23)17(21)24)11-13-3-5-14(18)6-4-13/h3-6H,2,7-12H2,1H3,(H,19,22). The Kier molecular flexibility index (Phi) is 6.88. The first-order chi connectivity index (χ1) is 12.0. The predicted octanol–water partition coefficient (Wildman–Crippen LogP) is 0.149. The average molecular weight is 351 g/mol. The van der Waals surface area contributed by atoms with E-state index >= 15 is 0 Å². The van der Waals surface area contributed by atoms with Crippen molar-refractivity contribution in [3.05, 3.63) is 35.6 Å². The Morgan fingerprint density at radius 1 is 1.16 bits per heavy atom. The number of hydrogen-bond acceptors (Lipinski definition) is 4. The first-order valence-corrected chi connectivity index (χ1v) is 8.09. The van der Waals surface area contributed by atoms with Gasteiger partial charge in [-0.2, -0.15) is 0 Å². The van der Waals surface area contributed by atoms with Gasteiger partial charge in [0.15, 0.2) is 0 Å². The fourth-order valence-corrected chi connectivity index (χ4v) is 2.50. The molecule has 136 valence electrons. The zero-order valence-electron chi connectivity index (χ0n) is 14.2. The second-order valence-electron chi connectivity index (χ2n) is 5.78. The maximum Gasteiger partial charge on any atom is 0.312 e. The molecule has 1 aliphatic heterocycles. The number of hydrogen-bond donors (Lipinski definition) is 1. The van der Waals surface area contributed by atoms with Crippen molar-refractivity contribution >= 4 is 17.7 Å². The lowest BCUT2D eigenvalue weighted by molar-refractivity contribution is -0.157. The number of benzene rings is 1. The number of piperazine rings is 1. The number of rotatable bonds is 8. The van der Waals surface area contributed by atoms with Gasteiger partial charge in [-0.15, -0.1) is 0 Å². The lowest BCUT2D eigenvalue weighted by atomic mass is 10.2. The van der Waals surface area contributed by atoms with Crippen molar-refractivity contribution in [2.75, 3.05) is 39.9 Å². The Morgan fingerprint density at radius 3 is 2.48 bits per heavy atom. The molecule has 2 rings (SSSR count). The van der Waals surface area contributed by atoms with Crippen LogP contribution in [0.25, 0.3) is 0 Å². The molecular formula is C17H22FN3O4. The maximum absolute atomic E-state index is 12.9. The fourth-order valence-electron chi connectivity index (χ4n) is 2.50. The molecule has 0 aliphatic carbocycles. The van der Waals surface area contributed by atoms with Gasteiger partial charge < -0.3 is 19.9 Å². The van der Waals surface area contributed by atoms with Crippen LogP contribution in [0.5, 0.6) is 0 Å². The SMILES string of the molecule is COCCCNC(=O)CN1CCN(Cc2ccc(F)cc2)C(=O)C1=O. The van der Waals surface area contributed by atoms with E-state index in [0.29, 0.717) is 26.1 Å². The number of nitrogens with zero attached hydrogens (tertiary/aromatic N) is 2. The van der Waals surface area contributed by atoms with Gasteiger partial charge >= 0.3 is 11.8 Å². The summed E-state index contributed by atoms with van der Waals surface area (Å²) < 4.78 is 17.8. The third kappa shape index (κ3) is 5.53. The summed E-state index contributed by atoms with van der Waals surface area (Å²) in [5, 5.41) is 2.68. The first-order valence-electron chi connectivity index (χ1n) is 8.09. The van der Waals surface area contributed by atoms with E-state index in [1.54, 1.807) is 19.2 Å². The number of methoxy groups -OCH3 is 1. The van der Waals surface area contributed by atoms with Crippen molar-refractivity contribution in [2.24, 2.45) is 0 Å². The van der Waals surface area contributed by atoms with Crippen LogP contribution in [0.4, 0.5) is 4.39 Å². The molecule has 0 spiro atoms. The second-order valence-corrected chi connectivity index (χ2v) is 5.78. The van der Waals surface area contributed by atoms with Crippen LogP contribution >= 0.6 is 0 Å². The molecule has 0 unspecified atom stereocenters. The van der Waals surface area contributed by atoms with Gasteiger partial charge in [0.1, 0.15) is 12.4 Å². The molecule has 0 saturated carbocycles. The highest BCUT2D eigenvalue weighted by Gasteiger charge is 2.33. The quantitative estimate of drug-likeness (QED) is 0.534. The number of amides is 3. The molecule has 7 nitrogen and oxygen atoms in total. The molecule has 0 aromatic heterocycles. The Morgan fingerprint density at radius 2 is 1.80 bits per heavy atom. The van der Waals surface area contributed by atoms with Crippen molar-refractivity contribution in [1.29, 1.82) is 0 Å². The van der Waals surface area contributed by atoms with Crippen molar-refractivity contribution in [1.82, 2.24) is 15.1 Å². The molecule has 1 fully saturated rings. The van der Waals surface area contributed by atoms with E-state index in [-0.39, 0.29) is 31.4 Å². The summed E-state index contributed by atoms with van der Waals surface area (Å²) >= 11 is 0. The van der Waals surface area contributed by atoms with Gasteiger partial charge in [-0.05, 0) is 24.1 Å². The minimum Gasteiger partial charge on any atom is -0.385 e. The highest BCUT2D eigenvalue weighted by Crippen LogP contribution is 2.11. The lowest BCUT2D eigenvalue weighted by Crippen LogP contribution is -2.56. The summed E-state index contributed by atoms with van der Waals surface area (Å²) in [6.07, 6.45) is 0.681. The Balaban J connectivity index is 1.83. The summed E-state index contributed by atoms with van der Waals surface area (Å²) in [7, 11) is 1.58. The van der Waals surface area contributed by atoms with Crippen LogP contribution < -0.4 is 5.32 Å². The molecule has 3 amide bonds. The number of ether oxygens (including phenoxy) is 1. The first kappa shape index (κ1) is 18.9. The fraction of sp³-hybridized carbons (Fsp3) is 0.471. The van der Waals surface area contributed by atoms with E-state index < -0.39 is 11.8 Å². The smallest absolute Gasteiger partial charge is 0.312 e. The van der Waals surface area contributed by atoms with E-state index in [4.69, 9.17) is 4.74 Å². The van der Waals surface area contributed by atoms with Crippen LogP contribution in [0.2, 0.25) is 0 Å². The summed E-state index contributed by atoms with van der Waals surface area (Å²) in [4.78, 5) is 38.8. The molecule has 8 heteroatoms. The highest BCUT2D eigenvalue weighted by molar-refractivity contribution is 6.35. The van der Waals surface area contributed by atoms with Crippen LogP contribution in [0.1, 0.15) is 12.0 Å². The number of nitrogens with one attached hydrogen (secondary N) is 1. The van der Waals surface area contributed by atoms with Gasteiger partial charge in [-0.3, -0.25) is 14.4 Å². The Labute approximate surface area is 145 Å². The van der Waals surface area contributed by atoms with E-state index in [1.807, 2.05) is 0 Å². The Bertz CT molecular complexity index is 621. The van der Waals surface area contributed by atoms with E-state index in [1.165, 1.54) is 21.9 Å². The summed E-state index contributed by atoms with van der Waals surface area (Å²) in [5.41, 5.74) is 0.742. The van der Waals surface area contributed by atoms with Crippen LogP contribution in [0.3, 0.4) is 0 Å². The molecule has 1 aliphatic rings. The molecule has 0 atom stereocenters. The molecule has 0 bridgehead atoms. The number of carbonyl (C=O) groups is 3. The van der Waals surface area contributed by atoms with Gasteiger partial charge in [0.25, 0.3) is 0 Å². The Hall–Kier alpha value is -2.48. The molecule has 1 heterocycles. The maximum atomic E-state index is 12.9. The highest BCUT2D eigenvalue weighted by atomic mass is 19.1. The molecule has 0 radical (unpaired) electrons. The lowest BCUT2D eigenvalue weighted by Gasteiger charge is -2.33. The van der Waals surface area contributed by atoms with Crippen molar-refractivity contribution < 1.29 is 23.5 Å². The summed E-state index contributed by atoms with van der Waals surface area (Å²) in [6, 6.07) is 5.78. The summed E-state index contributed by atoms with van der Waals surface area (Å²) in [5.74, 6) is -2.00. The molecular weight excluding hydrogens is 329 g/mol. The van der Waals surface area contributed by atoms with E-state index in [0.717, 1.165) is 5.56 Å². The third-order valence-electron chi connectivity index (χ3n) is 3.87. The van der Waals surface area contributed by atoms with Gasteiger partial charge in [-0.25, -0.2) is 4.39 Å². The predicted molar refractivity (Wildman–Crippen MR) is 87.9 cm³/mol. The molecule has 1 saturated heterocycles. The minimum atomic E-state index is -0.694. The monoisotopic (exact) mass is 351 g/mol. The minimum absolute atomic E-state index is 0.137. The van der Waals surface area contributed by atoms with Crippen LogP contribution in [-0.2, 0) is 25.7 Å². The molecule has 25 heavy (non-hydrogen) atoms. The van der Waals surface area contributed by atoms with Crippen molar-refractivity contribution in [2.45, 2.75) is 13.0 Å². The second kappa shape index (κ2) is 9.12. The van der Waals surface area contributed by atoms with Crippen LogP contribution in [0.15, 0.2) is 24.3 Å². The van der Waals surface area contributed by atoms with Crippen molar-refractivity contribution in [3.63, 3.8) is 0 Å². The van der Waals surface area contributed by atoms with E-state index in [2.05, 4.69) is 5.32 Å². The van der Waals surface area contributed by atoms with Crippen molar-refractivity contribution in [3.8, 4) is 0 Å².